The highest BCUT2D eigenvalue weighted by Gasteiger charge is 2.37. The Bertz CT molecular complexity index is 664. The van der Waals surface area contributed by atoms with Crippen molar-refractivity contribution in [3.63, 3.8) is 0 Å². The van der Waals surface area contributed by atoms with Gasteiger partial charge in [0.2, 0.25) is 11.8 Å². The van der Waals surface area contributed by atoms with Crippen molar-refractivity contribution in [1.29, 1.82) is 0 Å². The minimum Gasteiger partial charge on any atom is -0.354 e. The van der Waals surface area contributed by atoms with Crippen LogP contribution in [0.1, 0.15) is 57.9 Å². The second kappa shape index (κ2) is 11.5. The van der Waals surface area contributed by atoms with E-state index in [0.29, 0.717) is 18.3 Å². The highest BCUT2D eigenvalue weighted by molar-refractivity contribution is 5.82. The van der Waals surface area contributed by atoms with Crippen molar-refractivity contribution < 1.29 is 9.59 Å². The molecule has 5 heteroatoms. The van der Waals surface area contributed by atoms with E-state index in [4.69, 9.17) is 0 Å². The number of hydrogen-bond acceptors (Lipinski definition) is 3. The molecule has 0 radical (unpaired) electrons. The SMILES string of the molecule is CC[C@H](C)CNC(=O)[C@H](C1CCCC1)N1CCN(C(=O)CCc2ccccc2)CC1. The molecule has 2 aliphatic rings. The third-order valence-corrected chi connectivity index (χ3v) is 6.97. The average Bonchev–Trinajstić information content (AvgIpc) is 3.31. The van der Waals surface area contributed by atoms with Gasteiger partial charge in [-0.1, -0.05) is 63.4 Å². The molecule has 0 bridgehead atoms. The topological polar surface area (TPSA) is 52.7 Å². The maximum Gasteiger partial charge on any atom is 0.237 e. The fourth-order valence-electron chi connectivity index (χ4n) is 4.78. The van der Waals surface area contributed by atoms with Gasteiger partial charge in [0.05, 0.1) is 6.04 Å². The Hall–Kier alpha value is -1.88. The van der Waals surface area contributed by atoms with E-state index in [1.54, 1.807) is 0 Å². The summed E-state index contributed by atoms with van der Waals surface area (Å²) in [5.74, 6) is 1.41. The zero-order valence-corrected chi connectivity index (χ0v) is 18.8. The number of carbonyl (C=O) groups is 2. The molecule has 1 saturated carbocycles. The van der Waals surface area contributed by atoms with E-state index in [0.717, 1.165) is 58.4 Å². The van der Waals surface area contributed by atoms with Crippen LogP contribution in [-0.4, -0.2) is 60.4 Å². The van der Waals surface area contributed by atoms with Gasteiger partial charge < -0.3 is 10.2 Å². The van der Waals surface area contributed by atoms with E-state index in [9.17, 15) is 9.59 Å². The molecule has 0 aromatic heterocycles. The quantitative estimate of drug-likeness (QED) is 0.674. The summed E-state index contributed by atoms with van der Waals surface area (Å²) in [6.45, 7) is 8.18. The predicted octanol–water partition coefficient (Wildman–Crippen LogP) is 3.48. The first-order valence-corrected chi connectivity index (χ1v) is 11.9. The molecule has 3 rings (SSSR count). The maximum absolute atomic E-state index is 13.1. The van der Waals surface area contributed by atoms with Crippen molar-refractivity contribution in [2.75, 3.05) is 32.7 Å². The summed E-state index contributed by atoms with van der Waals surface area (Å²) < 4.78 is 0. The van der Waals surface area contributed by atoms with Crippen LogP contribution in [0.25, 0.3) is 0 Å². The van der Waals surface area contributed by atoms with Crippen LogP contribution in [0.15, 0.2) is 30.3 Å². The van der Waals surface area contributed by atoms with E-state index in [2.05, 4.69) is 36.2 Å². The number of amides is 2. The van der Waals surface area contributed by atoms with E-state index >= 15 is 0 Å². The minimum absolute atomic E-state index is 0.0295. The fourth-order valence-corrected chi connectivity index (χ4v) is 4.78. The van der Waals surface area contributed by atoms with Crippen LogP contribution in [0.5, 0.6) is 0 Å². The number of piperazine rings is 1. The second-order valence-corrected chi connectivity index (χ2v) is 9.15. The zero-order valence-electron chi connectivity index (χ0n) is 18.8. The summed E-state index contributed by atoms with van der Waals surface area (Å²) in [7, 11) is 0. The molecule has 1 aliphatic carbocycles. The number of nitrogens with one attached hydrogen (secondary N) is 1. The Balaban J connectivity index is 1.51. The summed E-state index contributed by atoms with van der Waals surface area (Å²) in [5, 5.41) is 3.22. The molecular formula is C25H39N3O2. The lowest BCUT2D eigenvalue weighted by atomic mass is 9.94. The van der Waals surface area contributed by atoms with Gasteiger partial charge in [0.1, 0.15) is 0 Å². The van der Waals surface area contributed by atoms with Gasteiger partial charge >= 0.3 is 0 Å². The van der Waals surface area contributed by atoms with Gasteiger partial charge in [-0.15, -0.1) is 0 Å². The number of nitrogens with zero attached hydrogens (tertiary/aromatic N) is 2. The summed E-state index contributed by atoms with van der Waals surface area (Å²) in [6.07, 6.45) is 7.21. The molecule has 0 spiro atoms. The van der Waals surface area contributed by atoms with Crippen molar-refractivity contribution in [3.05, 3.63) is 35.9 Å². The molecule has 1 aromatic carbocycles. The maximum atomic E-state index is 13.1. The van der Waals surface area contributed by atoms with E-state index in [1.165, 1.54) is 18.4 Å². The largest absolute Gasteiger partial charge is 0.354 e. The van der Waals surface area contributed by atoms with Crippen LogP contribution in [0.2, 0.25) is 0 Å². The first-order valence-electron chi connectivity index (χ1n) is 11.9. The second-order valence-electron chi connectivity index (χ2n) is 9.15. The van der Waals surface area contributed by atoms with Gasteiger partial charge in [-0.05, 0) is 36.7 Å². The molecular weight excluding hydrogens is 374 g/mol. The molecule has 2 atom stereocenters. The Kier molecular flexibility index (Phi) is 8.74. The van der Waals surface area contributed by atoms with Crippen molar-refractivity contribution in [1.82, 2.24) is 15.1 Å². The molecule has 30 heavy (non-hydrogen) atoms. The first kappa shape index (κ1) is 22.8. The predicted molar refractivity (Wildman–Crippen MR) is 121 cm³/mol. The van der Waals surface area contributed by atoms with E-state index < -0.39 is 0 Å². The van der Waals surface area contributed by atoms with Gasteiger partial charge in [-0.2, -0.15) is 0 Å². The molecule has 166 valence electrons. The molecule has 1 aromatic rings. The number of aryl methyl sites for hydroxylation is 1. The third kappa shape index (κ3) is 6.31. The summed E-state index contributed by atoms with van der Waals surface area (Å²) >= 11 is 0. The van der Waals surface area contributed by atoms with Crippen LogP contribution >= 0.6 is 0 Å². The van der Waals surface area contributed by atoms with Gasteiger partial charge in [0.15, 0.2) is 0 Å². The van der Waals surface area contributed by atoms with E-state index in [1.807, 2.05) is 23.1 Å². The highest BCUT2D eigenvalue weighted by atomic mass is 16.2. The van der Waals surface area contributed by atoms with Crippen LogP contribution in [-0.2, 0) is 16.0 Å². The summed E-state index contributed by atoms with van der Waals surface area (Å²) in [5.41, 5.74) is 1.21. The summed E-state index contributed by atoms with van der Waals surface area (Å²) in [4.78, 5) is 30.1. The third-order valence-electron chi connectivity index (χ3n) is 6.97. The molecule has 2 fully saturated rings. The molecule has 2 amide bonds. The average molecular weight is 414 g/mol. The van der Waals surface area contributed by atoms with Gasteiger partial charge in [-0.3, -0.25) is 14.5 Å². The molecule has 1 N–H and O–H groups in total. The molecule has 0 unspecified atom stereocenters. The lowest BCUT2D eigenvalue weighted by Crippen LogP contribution is -2.58. The minimum atomic E-state index is -0.0295. The Morgan fingerprint density at radius 3 is 2.37 bits per heavy atom. The van der Waals surface area contributed by atoms with Crippen molar-refractivity contribution in [2.24, 2.45) is 11.8 Å². The fraction of sp³-hybridized carbons (Fsp3) is 0.680. The standard InChI is InChI=1S/C25H39N3O2/c1-3-20(2)19-26-25(30)24(22-11-7-8-12-22)28-17-15-27(16-18-28)23(29)14-13-21-9-5-4-6-10-21/h4-6,9-10,20,22,24H,3,7-8,11-19H2,1-2H3,(H,26,30)/t20-,24-/m0/s1. The first-order chi connectivity index (χ1) is 14.6. The zero-order chi connectivity index (χ0) is 21.3. The van der Waals surface area contributed by atoms with Crippen molar-refractivity contribution in [2.45, 2.75) is 64.8 Å². The van der Waals surface area contributed by atoms with Gasteiger partial charge in [0, 0.05) is 39.1 Å². The van der Waals surface area contributed by atoms with Gasteiger partial charge in [-0.25, -0.2) is 0 Å². The number of hydrogen-bond donors (Lipinski definition) is 1. The smallest absolute Gasteiger partial charge is 0.237 e. The van der Waals surface area contributed by atoms with Crippen LogP contribution in [0, 0.1) is 11.8 Å². The number of rotatable bonds is 9. The van der Waals surface area contributed by atoms with Crippen LogP contribution in [0.4, 0.5) is 0 Å². The highest BCUT2D eigenvalue weighted by Crippen LogP contribution is 2.31. The van der Waals surface area contributed by atoms with Crippen molar-refractivity contribution in [3.8, 4) is 0 Å². The Morgan fingerprint density at radius 2 is 1.73 bits per heavy atom. The molecule has 1 saturated heterocycles. The van der Waals surface area contributed by atoms with E-state index in [-0.39, 0.29) is 17.9 Å². The summed E-state index contributed by atoms with van der Waals surface area (Å²) in [6, 6.07) is 10.2. The number of benzene rings is 1. The number of carbonyl (C=O) groups excluding carboxylic acids is 2. The Labute approximate surface area is 182 Å². The monoisotopic (exact) mass is 413 g/mol. The van der Waals surface area contributed by atoms with Crippen LogP contribution < -0.4 is 5.32 Å². The normalized spacial score (nSPS) is 20.1. The molecule has 1 heterocycles. The lowest BCUT2D eigenvalue weighted by Gasteiger charge is -2.41. The Morgan fingerprint density at radius 1 is 1.07 bits per heavy atom. The lowest BCUT2D eigenvalue weighted by molar-refractivity contribution is -0.135. The molecule has 5 nitrogen and oxygen atoms in total. The van der Waals surface area contributed by atoms with Gasteiger partial charge in [0.25, 0.3) is 0 Å². The van der Waals surface area contributed by atoms with Crippen molar-refractivity contribution >= 4 is 11.8 Å². The molecule has 1 aliphatic heterocycles. The van der Waals surface area contributed by atoms with Crippen LogP contribution in [0.3, 0.4) is 0 Å².